The zero-order valence-electron chi connectivity index (χ0n) is 44.9. The fourth-order valence-corrected chi connectivity index (χ4v) is 8.14. The van der Waals surface area contributed by atoms with E-state index in [9.17, 15) is 24.0 Å². The van der Waals surface area contributed by atoms with E-state index >= 15 is 0 Å². The summed E-state index contributed by atoms with van der Waals surface area (Å²) >= 11 is 0. The van der Waals surface area contributed by atoms with Gasteiger partial charge in [-0.3, -0.25) is 19.2 Å². The number of rotatable bonds is 49. The standard InChI is InChI=1S/C61H102O8/c1-6-11-16-21-24-25-26-27-28-29-30-31-32-33-34-35-36-41-46-51-59(64)69-54(52-67-60(65)55(47-42-39-22-17-12-7-2)57(62)49-44-37-19-14-9-4)53-68-61(66)56(48-43-40-23-18-13-8-3)58(63)50-45-38-20-15-10-5/h28-36,41,46,51,54-56H,6-27,37-40,42-45,47-50,52-53H2,1-5H3. The topological polar surface area (TPSA) is 113 Å². The molecule has 8 nitrogen and oxygen atoms in total. The third-order valence-electron chi connectivity index (χ3n) is 12.5. The van der Waals surface area contributed by atoms with Crippen LogP contribution in [0, 0.1) is 11.8 Å². The maximum Gasteiger partial charge on any atom is 0.331 e. The zero-order valence-corrected chi connectivity index (χ0v) is 44.9. The predicted molar refractivity (Wildman–Crippen MR) is 289 cm³/mol. The Labute approximate surface area is 423 Å². The molecule has 0 aliphatic heterocycles. The molecule has 0 spiro atoms. The average molecular weight is 963 g/mol. The number of carbonyl (C=O) groups is 5. The summed E-state index contributed by atoms with van der Waals surface area (Å²) in [4.78, 5) is 67.4. The van der Waals surface area contributed by atoms with Crippen LogP contribution in [0.4, 0.5) is 0 Å². The summed E-state index contributed by atoms with van der Waals surface area (Å²) in [5, 5.41) is 0. The van der Waals surface area contributed by atoms with Gasteiger partial charge in [-0.2, -0.15) is 0 Å². The minimum atomic E-state index is -1.13. The lowest BCUT2D eigenvalue weighted by molar-refractivity contribution is -0.168. The molecule has 2 unspecified atom stereocenters. The fraction of sp³-hybridized carbons (Fsp3) is 0.721. The summed E-state index contributed by atoms with van der Waals surface area (Å²) in [5.41, 5.74) is 0. The van der Waals surface area contributed by atoms with Gasteiger partial charge in [0.1, 0.15) is 36.6 Å². The number of hydrogen-bond donors (Lipinski definition) is 0. The van der Waals surface area contributed by atoms with Crippen molar-refractivity contribution < 1.29 is 38.2 Å². The van der Waals surface area contributed by atoms with Crippen LogP contribution >= 0.6 is 0 Å². The summed E-state index contributed by atoms with van der Waals surface area (Å²) in [6.45, 7) is 10.1. The van der Waals surface area contributed by atoms with E-state index in [4.69, 9.17) is 14.2 Å². The number of ketones is 2. The lowest BCUT2D eigenvalue weighted by Gasteiger charge is -2.21. The van der Waals surface area contributed by atoms with Crippen molar-refractivity contribution in [3.05, 3.63) is 72.9 Å². The van der Waals surface area contributed by atoms with Crippen molar-refractivity contribution in [1.82, 2.24) is 0 Å². The minimum absolute atomic E-state index is 0.118. The van der Waals surface area contributed by atoms with Gasteiger partial charge in [0, 0.05) is 18.9 Å². The smallest absolute Gasteiger partial charge is 0.331 e. The van der Waals surface area contributed by atoms with Gasteiger partial charge in [0.05, 0.1) is 0 Å². The van der Waals surface area contributed by atoms with E-state index in [0.717, 1.165) is 148 Å². The first-order valence-corrected chi connectivity index (χ1v) is 28.3. The van der Waals surface area contributed by atoms with Crippen LogP contribution in [-0.2, 0) is 38.2 Å². The molecule has 0 amide bonds. The van der Waals surface area contributed by atoms with Crippen molar-refractivity contribution in [1.29, 1.82) is 0 Å². The second-order valence-corrected chi connectivity index (χ2v) is 19.0. The minimum Gasteiger partial charge on any atom is -0.461 e. The van der Waals surface area contributed by atoms with Crippen LogP contribution in [0.15, 0.2) is 72.9 Å². The first kappa shape index (κ1) is 65.2. The second kappa shape index (κ2) is 50.6. The Hall–Kier alpha value is -3.81. The van der Waals surface area contributed by atoms with Gasteiger partial charge in [-0.15, -0.1) is 0 Å². The first-order valence-electron chi connectivity index (χ1n) is 28.3. The molecule has 0 aliphatic carbocycles. The number of unbranched alkanes of at least 4 members (excludes halogenated alkanes) is 25. The van der Waals surface area contributed by atoms with Crippen molar-refractivity contribution in [3.8, 4) is 0 Å². The molecule has 0 saturated carbocycles. The SMILES string of the molecule is CCCCCCCCCC=CC=CC=CC=CC=CC=CC(=O)OC(COC(=O)C(CCCCCCCC)C(=O)CCCCCCC)COC(=O)C(CCCCCCCC)C(=O)CCCCCCC. The number of hydrogen-bond acceptors (Lipinski definition) is 8. The second-order valence-electron chi connectivity index (χ2n) is 19.0. The highest BCUT2D eigenvalue weighted by Gasteiger charge is 2.31. The van der Waals surface area contributed by atoms with Crippen LogP contribution in [0.25, 0.3) is 0 Å². The van der Waals surface area contributed by atoms with Gasteiger partial charge in [0.15, 0.2) is 6.10 Å². The molecule has 0 aromatic rings. The van der Waals surface area contributed by atoms with Crippen molar-refractivity contribution in [3.63, 3.8) is 0 Å². The third kappa shape index (κ3) is 41.7. The molecule has 394 valence electrons. The molecule has 0 heterocycles. The fourth-order valence-electron chi connectivity index (χ4n) is 8.14. The summed E-state index contributed by atoms with van der Waals surface area (Å²) in [6, 6.07) is 0. The molecule has 0 rings (SSSR count). The van der Waals surface area contributed by atoms with E-state index in [1.165, 1.54) is 51.0 Å². The van der Waals surface area contributed by atoms with Crippen LogP contribution in [0.5, 0.6) is 0 Å². The molecule has 0 radical (unpaired) electrons. The molecule has 0 fully saturated rings. The number of Topliss-reactive ketones (excluding diaryl/α,β-unsaturated/α-hetero) is 2. The van der Waals surface area contributed by atoms with Gasteiger partial charge in [0.25, 0.3) is 0 Å². The summed E-state index contributed by atoms with van der Waals surface area (Å²) < 4.78 is 17.2. The molecule has 2 atom stereocenters. The van der Waals surface area contributed by atoms with Crippen LogP contribution in [0.1, 0.15) is 253 Å². The Kier molecular flexibility index (Phi) is 47.8. The predicted octanol–water partition coefficient (Wildman–Crippen LogP) is 17.1. The Bertz CT molecular complexity index is 1390. The summed E-state index contributed by atoms with van der Waals surface area (Å²) in [6.07, 6.45) is 55.1. The highest BCUT2D eigenvalue weighted by molar-refractivity contribution is 5.99. The lowest BCUT2D eigenvalue weighted by atomic mass is 9.93. The van der Waals surface area contributed by atoms with Crippen molar-refractivity contribution in [2.75, 3.05) is 13.2 Å². The van der Waals surface area contributed by atoms with E-state index in [1.807, 2.05) is 36.5 Å². The molecule has 0 aromatic heterocycles. The van der Waals surface area contributed by atoms with Gasteiger partial charge < -0.3 is 14.2 Å². The molecule has 0 aliphatic rings. The van der Waals surface area contributed by atoms with Crippen molar-refractivity contribution in [2.45, 2.75) is 259 Å². The molecule has 0 aromatic carbocycles. The summed E-state index contributed by atoms with van der Waals surface area (Å²) in [5.74, 6) is -4.02. The van der Waals surface area contributed by atoms with Gasteiger partial charge in [-0.05, 0) is 38.5 Å². The third-order valence-corrected chi connectivity index (χ3v) is 12.5. The van der Waals surface area contributed by atoms with Gasteiger partial charge >= 0.3 is 17.9 Å². The Morgan fingerprint density at radius 3 is 1.07 bits per heavy atom. The molecule has 0 saturated heterocycles. The molecule has 69 heavy (non-hydrogen) atoms. The maximum absolute atomic E-state index is 13.7. The first-order chi connectivity index (χ1) is 33.7. The Morgan fingerprint density at radius 2 is 0.681 bits per heavy atom. The number of esters is 3. The van der Waals surface area contributed by atoms with Crippen LogP contribution in [0.2, 0.25) is 0 Å². The lowest BCUT2D eigenvalue weighted by Crippen LogP contribution is -2.35. The van der Waals surface area contributed by atoms with E-state index in [0.29, 0.717) is 25.7 Å². The highest BCUT2D eigenvalue weighted by Crippen LogP contribution is 2.21. The molecular formula is C61H102O8. The monoisotopic (exact) mass is 963 g/mol. The van der Waals surface area contributed by atoms with Crippen molar-refractivity contribution in [2.24, 2.45) is 11.8 Å². The number of carbonyl (C=O) groups excluding carboxylic acids is 5. The quantitative estimate of drug-likeness (QED) is 0.0148. The Morgan fingerprint density at radius 1 is 0.362 bits per heavy atom. The highest BCUT2D eigenvalue weighted by atomic mass is 16.6. The summed E-state index contributed by atoms with van der Waals surface area (Å²) in [7, 11) is 0. The molecule has 0 bridgehead atoms. The largest absolute Gasteiger partial charge is 0.461 e. The molecule has 0 N–H and O–H groups in total. The normalized spacial score (nSPS) is 13.4. The van der Waals surface area contributed by atoms with E-state index in [1.54, 1.807) is 18.2 Å². The van der Waals surface area contributed by atoms with E-state index in [-0.39, 0.29) is 24.8 Å². The van der Waals surface area contributed by atoms with Gasteiger partial charge in [-0.1, -0.05) is 268 Å². The molecular weight excluding hydrogens is 861 g/mol. The van der Waals surface area contributed by atoms with E-state index in [2.05, 4.69) is 46.8 Å². The zero-order chi connectivity index (χ0) is 50.7. The Balaban J connectivity index is 5.83. The average Bonchev–Trinajstić information content (AvgIpc) is 3.34. The van der Waals surface area contributed by atoms with Gasteiger partial charge in [-0.25, -0.2) is 4.79 Å². The maximum atomic E-state index is 13.7. The van der Waals surface area contributed by atoms with Crippen LogP contribution < -0.4 is 0 Å². The number of ether oxygens (including phenoxy) is 3. The number of allylic oxidation sites excluding steroid dienone is 11. The van der Waals surface area contributed by atoms with Gasteiger partial charge in [0.2, 0.25) is 0 Å². The van der Waals surface area contributed by atoms with E-state index < -0.39 is 35.8 Å². The van der Waals surface area contributed by atoms with Crippen molar-refractivity contribution >= 4 is 29.5 Å². The van der Waals surface area contributed by atoms with Crippen LogP contribution in [-0.4, -0.2) is 48.8 Å². The van der Waals surface area contributed by atoms with Crippen LogP contribution in [0.3, 0.4) is 0 Å². The molecule has 8 heteroatoms.